The van der Waals surface area contributed by atoms with E-state index in [1.807, 2.05) is 10.0 Å². The zero-order valence-corrected chi connectivity index (χ0v) is 20.0. The van der Waals surface area contributed by atoms with Gasteiger partial charge in [-0.05, 0) is 49.7 Å². The van der Waals surface area contributed by atoms with Crippen LogP contribution in [0.3, 0.4) is 0 Å². The zero-order valence-electron chi connectivity index (χ0n) is 19.2. The largest absolute Gasteiger partial charge is 0.493 e. The third-order valence-electron chi connectivity index (χ3n) is 5.54. The number of methoxy groups -OCH3 is 2. The van der Waals surface area contributed by atoms with Crippen LogP contribution in [0.25, 0.3) is 10.1 Å². The van der Waals surface area contributed by atoms with E-state index >= 15 is 0 Å². The molecular formula is C24H33N3O3S. The Balaban J connectivity index is 1.56. The van der Waals surface area contributed by atoms with Gasteiger partial charge < -0.3 is 14.4 Å². The molecule has 0 saturated carbocycles. The molecule has 0 fully saturated rings. The summed E-state index contributed by atoms with van der Waals surface area (Å²) in [6, 6.07) is 12.4. The van der Waals surface area contributed by atoms with Crippen molar-refractivity contribution < 1.29 is 9.47 Å². The molecule has 3 aromatic rings. The Morgan fingerprint density at radius 2 is 1.68 bits per heavy atom. The van der Waals surface area contributed by atoms with Crippen molar-refractivity contribution in [1.82, 2.24) is 8.86 Å². The number of fused-ring (bicyclic) bond motifs is 1. The molecule has 0 N–H and O–H groups in total. The standard InChI is InChI=1S/C24H33N3O3S/c1-6-26(17-18-9-11-19(12-10-18)25(2)3)13-7-8-14-27-24(28)20-15-21(29-4)22(30-5)16-23(20)31-27/h9-12,15-16H,6-8,13-14,17H2,1-5H3. The predicted molar refractivity (Wildman–Crippen MR) is 130 cm³/mol. The quantitative estimate of drug-likeness (QED) is 0.410. The lowest BCUT2D eigenvalue weighted by Gasteiger charge is -2.21. The normalized spacial score (nSPS) is 11.3. The van der Waals surface area contributed by atoms with Crippen LogP contribution >= 0.6 is 11.5 Å². The summed E-state index contributed by atoms with van der Waals surface area (Å²) in [5, 5.41) is 0.694. The van der Waals surface area contributed by atoms with Crippen LogP contribution in [-0.2, 0) is 13.1 Å². The van der Waals surface area contributed by atoms with E-state index in [4.69, 9.17) is 9.47 Å². The maximum atomic E-state index is 12.8. The SMILES string of the molecule is CCN(CCCCn1sc2cc(OC)c(OC)cc2c1=O)Cc1ccc(N(C)C)cc1. The molecule has 0 spiro atoms. The van der Waals surface area contributed by atoms with Crippen LogP contribution < -0.4 is 19.9 Å². The molecule has 0 aliphatic heterocycles. The van der Waals surface area contributed by atoms with E-state index in [0.29, 0.717) is 16.9 Å². The lowest BCUT2D eigenvalue weighted by molar-refractivity contribution is 0.272. The molecule has 0 aliphatic rings. The molecule has 31 heavy (non-hydrogen) atoms. The summed E-state index contributed by atoms with van der Waals surface area (Å²) >= 11 is 1.49. The van der Waals surface area contributed by atoms with Crippen molar-refractivity contribution in [2.45, 2.75) is 32.9 Å². The number of anilines is 1. The molecule has 168 valence electrons. The average Bonchev–Trinajstić information content (AvgIpc) is 3.09. The van der Waals surface area contributed by atoms with E-state index in [1.165, 1.54) is 22.8 Å². The predicted octanol–water partition coefficient (Wildman–Crippen LogP) is 4.45. The maximum Gasteiger partial charge on any atom is 0.268 e. The second-order valence-corrected chi connectivity index (χ2v) is 8.90. The lowest BCUT2D eigenvalue weighted by Crippen LogP contribution is -2.24. The molecule has 7 heteroatoms. The number of hydrogen-bond donors (Lipinski definition) is 0. The first-order valence-corrected chi connectivity index (χ1v) is 11.5. The molecule has 0 aliphatic carbocycles. The summed E-state index contributed by atoms with van der Waals surface area (Å²) in [4.78, 5) is 17.3. The van der Waals surface area contributed by atoms with Crippen molar-refractivity contribution in [3.63, 3.8) is 0 Å². The Hall–Kier alpha value is -2.51. The molecule has 0 atom stereocenters. The molecule has 6 nitrogen and oxygen atoms in total. The van der Waals surface area contributed by atoms with Crippen LogP contribution in [0.5, 0.6) is 11.5 Å². The van der Waals surface area contributed by atoms with Gasteiger partial charge in [0.2, 0.25) is 0 Å². The van der Waals surface area contributed by atoms with Crippen molar-refractivity contribution in [3.8, 4) is 11.5 Å². The van der Waals surface area contributed by atoms with Gasteiger partial charge in [0.15, 0.2) is 11.5 Å². The van der Waals surface area contributed by atoms with Crippen molar-refractivity contribution in [2.75, 3.05) is 46.3 Å². The van der Waals surface area contributed by atoms with Gasteiger partial charge in [-0.25, -0.2) is 0 Å². The first kappa shape index (κ1) is 23.2. The van der Waals surface area contributed by atoms with Crippen molar-refractivity contribution in [2.24, 2.45) is 0 Å². The minimum Gasteiger partial charge on any atom is -0.493 e. The Labute approximate surface area is 188 Å². The second kappa shape index (κ2) is 10.7. The summed E-state index contributed by atoms with van der Waals surface area (Å²) in [5.74, 6) is 1.25. The molecule has 0 amide bonds. The van der Waals surface area contributed by atoms with Gasteiger partial charge in [-0.1, -0.05) is 30.6 Å². The molecule has 0 radical (unpaired) electrons. The topological polar surface area (TPSA) is 46.9 Å². The Morgan fingerprint density at radius 1 is 1.00 bits per heavy atom. The summed E-state index contributed by atoms with van der Waals surface area (Å²) in [6.07, 6.45) is 2.02. The van der Waals surface area contributed by atoms with Gasteiger partial charge >= 0.3 is 0 Å². The average molecular weight is 444 g/mol. The summed E-state index contributed by atoms with van der Waals surface area (Å²) in [5.41, 5.74) is 2.60. The van der Waals surface area contributed by atoms with E-state index in [2.05, 4.69) is 55.1 Å². The van der Waals surface area contributed by atoms with Crippen molar-refractivity contribution in [3.05, 3.63) is 52.3 Å². The zero-order chi connectivity index (χ0) is 22.4. The van der Waals surface area contributed by atoms with Gasteiger partial charge in [-0.15, -0.1) is 0 Å². The highest BCUT2D eigenvalue weighted by Crippen LogP contribution is 2.32. The van der Waals surface area contributed by atoms with E-state index < -0.39 is 0 Å². The third-order valence-corrected chi connectivity index (χ3v) is 6.65. The summed E-state index contributed by atoms with van der Waals surface area (Å²) < 4.78 is 13.5. The van der Waals surface area contributed by atoms with Gasteiger partial charge in [-0.2, -0.15) is 0 Å². The highest BCUT2D eigenvalue weighted by Gasteiger charge is 2.13. The smallest absolute Gasteiger partial charge is 0.268 e. The van der Waals surface area contributed by atoms with Crippen LogP contribution in [0.1, 0.15) is 25.3 Å². The van der Waals surface area contributed by atoms with Crippen molar-refractivity contribution >= 4 is 27.3 Å². The van der Waals surface area contributed by atoms with Gasteiger partial charge in [0.05, 0.1) is 24.3 Å². The molecule has 3 rings (SSSR count). The minimum atomic E-state index is 0.0503. The number of nitrogens with zero attached hydrogens (tertiary/aromatic N) is 3. The Kier molecular flexibility index (Phi) is 7.98. The van der Waals surface area contributed by atoms with E-state index in [0.717, 1.165) is 43.7 Å². The summed E-state index contributed by atoms with van der Waals surface area (Å²) in [7, 11) is 7.31. The van der Waals surface area contributed by atoms with Crippen LogP contribution in [0.2, 0.25) is 0 Å². The fraction of sp³-hybridized carbons (Fsp3) is 0.458. The van der Waals surface area contributed by atoms with Crippen LogP contribution in [0.15, 0.2) is 41.2 Å². The highest BCUT2D eigenvalue weighted by atomic mass is 32.1. The van der Waals surface area contributed by atoms with Crippen LogP contribution in [0.4, 0.5) is 5.69 Å². The van der Waals surface area contributed by atoms with Crippen LogP contribution in [-0.4, -0.2) is 50.3 Å². The monoisotopic (exact) mass is 443 g/mol. The number of benzene rings is 2. The molecule has 0 saturated heterocycles. The number of rotatable bonds is 11. The Bertz CT molecular complexity index is 1040. The van der Waals surface area contributed by atoms with Gasteiger partial charge in [0.25, 0.3) is 5.56 Å². The van der Waals surface area contributed by atoms with E-state index in [9.17, 15) is 4.79 Å². The molecule has 1 heterocycles. The first-order valence-electron chi connectivity index (χ1n) is 10.7. The minimum absolute atomic E-state index is 0.0503. The first-order chi connectivity index (χ1) is 15.0. The molecule has 2 aromatic carbocycles. The molecular weight excluding hydrogens is 410 g/mol. The lowest BCUT2D eigenvalue weighted by atomic mass is 10.1. The number of aromatic nitrogens is 1. The molecule has 0 unspecified atom stereocenters. The molecule has 0 bridgehead atoms. The van der Waals surface area contributed by atoms with E-state index in [-0.39, 0.29) is 5.56 Å². The Morgan fingerprint density at radius 3 is 2.29 bits per heavy atom. The third kappa shape index (κ3) is 5.60. The number of ether oxygens (including phenoxy) is 2. The number of aryl methyl sites for hydroxylation is 1. The van der Waals surface area contributed by atoms with Gasteiger partial charge in [0, 0.05) is 38.9 Å². The van der Waals surface area contributed by atoms with Gasteiger partial charge in [0.1, 0.15) is 0 Å². The summed E-state index contributed by atoms with van der Waals surface area (Å²) in [6.45, 7) is 5.92. The van der Waals surface area contributed by atoms with Gasteiger partial charge in [-0.3, -0.25) is 13.7 Å². The number of hydrogen-bond acceptors (Lipinski definition) is 6. The van der Waals surface area contributed by atoms with E-state index in [1.54, 1.807) is 20.3 Å². The second-order valence-electron chi connectivity index (χ2n) is 7.84. The maximum absolute atomic E-state index is 12.8. The highest BCUT2D eigenvalue weighted by molar-refractivity contribution is 7.13. The number of unbranched alkanes of at least 4 members (excludes halogenated alkanes) is 1. The van der Waals surface area contributed by atoms with Crippen LogP contribution in [0, 0.1) is 0 Å². The fourth-order valence-electron chi connectivity index (χ4n) is 3.64. The fourth-order valence-corrected chi connectivity index (χ4v) is 4.69. The van der Waals surface area contributed by atoms with Crippen molar-refractivity contribution in [1.29, 1.82) is 0 Å². The molecule has 1 aromatic heterocycles.